The Bertz CT molecular complexity index is 332. The van der Waals surface area contributed by atoms with Crippen LogP contribution >= 0.6 is 0 Å². The van der Waals surface area contributed by atoms with Crippen LogP contribution in [0.3, 0.4) is 0 Å². The number of benzene rings is 1. The molecule has 0 aliphatic carbocycles. The Morgan fingerprint density at radius 3 is 2.40 bits per heavy atom. The van der Waals surface area contributed by atoms with E-state index in [1.807, 2.05) is 0 Å². The van der Waals surface area contributed by atoms with Gasteiger partial charge in [-0.05, 0) is 24.1 Å². The number of halogens is 2. The van der Waals surface area contributed by atoms with Crippen LogP contribution in [0.15, 0.2) is 18.2 Å². The van der Waals surface area contributed by atoms with Gasteiger partial charge in [0.1, 0.15) is 11.6 Å². The fourth-order valence-electron chi connectivity index (χ4n) is 1.23. The van der Waals surface area contributed by atoms with Crippen LogP contribution in [0.4, 0.5) is 8.78 Å². The lowest BCUT2D eigenvalue weighted by Crippen LogP contribution is -2.24. The highest BCUT2D eigenvalue weighted by molar-refractivity contribution is 5.75. The van der Waals surface area contributed by atoms with Gasteiger partial charge in [-0.3, -0.25) is 4.79 Å². The van der Waals surface area contributed by atoms with E-state index in [2.05, 4.69) is 5.32 Å². The first kappa shape index (κ1) is 11.6. The molecule has 82 valence electrons. The Kier molecular flexibility index (Phi) is 4.21. The minimum Gasteiger partial charge on any atom is -0.356 e. The Morgan fingerprint density at radius 1 is 1.27 bits per heavy atom. The van der Waals surface area contributed by atoms with E-state index in [-0.39, 0.29) is 5.91 Å². The van der Waals surface area contributed by atoms with Crippen molar-refractivity contribution in [3.63, 3.8) is 0 Å². The zero-order chi connectivity index (χ0) is 11.3. The molecule has 1 aromatic carbocycles. The Labute approximate surface area is 87.3 Å². The van der Waals surface area contributed by atoms with Crippen molar-refractivity contribution in [1.82, 2.24) is 5.32 Å². The lowest BCUT2D eigenvalue weighted by atomic mass is 10.1. The summed E-state index contributed by atoms with van der Waals surface area (Å²) in [6, 6.07) is 3.36. The lowest BCUT2D eigenvalue weighted by Gasteiger charge is -2.04. The second-order valence-corrected chi connectivity index (χ2v) is 3.23. The van der Waals surface area contributed by atoms with Crippen molar-refractivity contribution in [1.29, 1.82) is 0 Å². The van der Waals surface area contributed by atoms with Crippen molar-refractivity contribution < 1.29 is 13.6 Å². The molecule has 0 fully saturated rings. The van der Waals surface area contributed by atoms with Crippen LogP contribution in [0.2, 0.25) is 0 Å². The van der Waals surface area contributed by atoms with Crippen LogP contribution in [-0.4, -0.2) is 12.5 Å². The summed E-state index contributed by atoms with van der Waals surface area (Å²) in [6.45, 7) is 2.15. The maximum absolute atomic E-state index is 12.8. The van der Waals surface area contributed by atoms with Crippen molar-refractivity contribution >= 4 is 5.91 Å². The molecule has 0 atom stereocenters. The average Bonchev–Trinajstić information content (AvgIpc) is 2.16. The van der Waals surface area contributed by atoms with Gasteiger partial charge in [-0.2, -0.15) is 0 Å². The molecule has 0 saturated heterocycles. The molecule has 0 heterocycles. The van der Waals surface area contributed by atoms with E-state index in [1.165, 1.54) is 12.1 Å². The van der Waals surface area contributed by atoms with Crippen LogP contribution in [0.25, 0.3) is 0 Å². The second-order valence-electron chi connectivity index (χ2n) is 3.23. The van der Waals surface area contributed by atoms with Crippen molar-refractivity contribution in [2.24, 2.45) is 0 Å². The summed E-state index contributed by atoms with van der Waals surface area (Å²) in [5.74, 6) is -1.24. The van der Waals surface area contributed by atoms with Gasteiger partial charge in [0.2, 0.25) is 5.91 Å². The third-order valence-electron chi connectivity index (χ3n) is 1.98. The van der Waals surface area contributed by atoms with E-state index in [4.69, 9.17) is 0 Å². The molecule has 0 bridgehead atoms. The molecule has 1 aromatic rings. The van der Waals surface area contributed by atoms with Gasteiger partial charge in [-0.15, -0.1) is 0 Å². The predicted octanol–water partition coefficient (Wildman–Crippen LogP) is 2.03. The van der Waals surface area contributed by atoms with Crippen LogP contribution in [0.1, 0.15) is 18.9 Å². The van der Waals surface area contributed by atoms with Crippen LogP contribution in [0.5, 0.6) is 0 Å². The first-order valence-corrected chi connectivity index (χ1v) is 4.83. The first-order valence-electron chi connectivity index (χ1n) is 4.83. The fourth-order valence-corrected chi connectivity index (χ4v) is 1.23. The molecule has 0 radical (unpaired) electrons. The van der Waals surface area contributed by atoms with E-state index in [1.54, 1.807) is 6.92 Å². The van der Waals surface area contributed by atoms with Gasteiger partial charge in [0, 0.05) is 19.0 Å². The smallest absolute Gasteiger partial charge is 0.219 e. The maximum Gasteiger partial charge on any atom is 0.219 e. The van der Waals surface area contributed by atoms with Crippen molar-refractivity contribution in [2.45, 2.75) is 19.8 Å². The Hall–Kier alpha value is -1.45. The van der Waals surface area contributed by atoms with Gasteiger partial charge in [0.15, 0.2) is 0 Å². The summed E-state index contributed by atoms with van der Waals surface area (Å²) >= 11 is 0. The zero-order valence-electron chi connectivity index (χ0n) is 8.52. The molecular weight excluding hydrogens is 200 g/mol. The minimum atomic E-state index is -0.591. The zero-order valence-corrected chi connectivity index (χ0v) is 8.52. The molecule has 0 saturated carbocycles. The molecule has 15 heavy (non-hydrogen) atoms. The Balaban J connectivity index is 2.47. The van der Waals surface area contributed by atoms with Gasteiger partial charge < -0.3 is 5.32 Å². The number of amides is 1. The number of carbonyl (C=O) groups is 1. The molecule has 4 heteroatoms. The van der Waals surface area contributed by atoms with Crippen molar-refractivity contribution in [2.75, 3.05) is 6.54 Å². The second kappa shape index (κ2) is 5.44. The number of nitrogens with one attached hydrogen (secondary N) is 1. The van der Waals surface area contributed by atoms with Crippen molar-refractivity contribution in [3.8, 4) is 0 Å². The van der Waals surface area contributed by atoms with Gasteiger partial charge >= 0.3 is 0 Å². The summed E-state index contributed by atoms with van der Waals surface area (Å²) in [5.41, 5.74) is 0.545. The van der Waals surface area contributed by atoms with Gasteiger partial charge in [0.05, 0.1) is 0 Å². The predicted molar refractivity (Wildman–Crippen MR) is 53.4 cm³/mol. The van der Waals surface area contributed by atoms with E-state index < -0.39 is 11.6 Å². The largest absolute Gasteiger partial charge is 0.356 e. The van der Waals surface area contributed by atoms with Gasteiger partial charge in [-0.1, -0.05) is 6.92 Å². The quantitative estimate of drug-likeness (QED) is 0.814. The molecule has 0 aliphatic rings. The number of carbonyl (C=O) groups excluding carboxylic acids is 1. The molecule has 2 nitrogen and oxygen atoms in total. The molecular formula is C11H13F2NO. The fraction of sp³-hybridized carbons (Fsp3) is 0.364. The van der Waals surface area contributed by atoms with Crippen LogP contribution < -0.4 is 5.32 Å². The molecule has 0 aliphatic heterocycles. The summed E-state index contributed by atoms with van der Waals surface area (Å²) in [7, 11) is 0. The van der Waals surface area contributed by atoms with Gasteiger partial charge in [-0.25, -0.2) is 8.78 Å². The number of hydrogen-bond donors (Lipinski definition) is 1. The average molecular weight is 213 g/mol. The first-order chi connectivity index (χ1) is 7.11. The molecule has 1 N–H and O–H groups in total. The normalized spacial score (nSPS) is 10.1. The van der Waals surface area contributed by atoms with E-state index in [0.717, 1.165) is 6.07 Å². The van der Waals surface area contributed by atoms with Crippen LogP contribution in [-0.2, 0) is 11.2 Å². The third-order valence-corrected chi connectivity index (χ3v) is 1.98. The molecule has 1 amide bonds. The summed E-state index contributed by atoms with van der Waals surface area (Å²) in [4.78, 5) is 10.9. The number of rotatable bonds is 4. The highest BCUT2D eigenvalue weighted by Gasteiger charge is 2.01. The Morgan fingerprint density at radius 2 is 1.87 bits per heavy atom. The highest BCUT2D eigenvalue weighted by Crippen LogP contribution is 2.07. The molecule has 0 unspecified atom stereocenters. The molecule has 0 spiro atoms. The summed E-state index contributed by atoms with van der Waals surface area (Å²) in [6.07, 6.45) is 0.845. The molecule has 0 aromatic heterocycles. The van der Waals surface area contributed by atoms with E-state index in [9.17, 15) is 13.6 Å². The third kappa shape index (κ3) is 4.06. The highest BCUT2D eigenvalue weighted by atomic mass is 19.1. The lowest BCUT2D eigenvalue weighted by molar-refractivity contribution is -0.120. The minimum absolute atomic E-state index is 0.0631. The monoisotopic (exact) mass is 213 g/mol. The standard InChI is InChI=1S/C11H13F2NO/c1-2-11(15)14-4-3-8-5-9(12)7-10(13)6-8/h5-7H,2-4H2,1H3,(H,14,15). The van der Waals surface area contributed by atoms with Gasteiger partial charge in [0.25, 0.3) is 0 Å². The number of hydrogen-bond acceptors (Lipinski definition) is 1. The summed E-state index contributed by atoms with van der Waals surface area (Å²) in [5, 5.41) is 2.64. The topological polar surface area (TPSA) is 29.1 Å². The SMILES string of the molecule is CCC(=O)NCCc1cc(F)cc(F)c1. The van der Waals surface area contributed by atoms with Crippen molar-refractivity contribution in [3.05, 3.63) is 35.4 Å². The maximum atomic E-state index is 12.8. The van der Waals surface area contributed by atoms with Crippen LogP contribution in [0, 0.1) is 11.6 Å². The summed E-state index contributed by atoms with van der Waals surface area (Å²) < 4.78 is 25.5. The van der Waals surface area contributed by atoms with E-state index in [0.29, 0.717) is 24.9 Å². The molecule has 1 rings (SSSR count). The van der Waals surface area contributed by atoms with E-state index >= 15 is 0 Å².